The molecule has 2 aromatic rings. The van der Waals surface area contributed by atoms with Crippen molar-refractivity contribution in [2.24, 2.45) is 0 Å². The fraction of sp³-hybridized carbons (Fsp3) is 0.143. The Morgan fingerprint density at radius 3 is 2.52 bits per heavy atom. The van der Waals surface area contributed by atoms with Crippen molar-refractivity contribution >= 4 is 11.6 Å². The highest BCUT2D eigenvalue weighted by Crippen LogP contribution is 2.30. The molecule has 0 aliphatic carbocycles. The van der Waals surface area contributed by atoms with Crippen LogP contribution in [0.1, 0.15) is 21.6 Å². The summed E-state index contributed by atoms with van der Waals surface area (Å²) in [5.41, 5.74) is -1.10. The first kappa shape index (κ1) is 14.8. The highest BCUT2D eigenvalue weighted by atomic mass is 19.4. The van der Waals surface area contributed by atoms with Gasteiger partial charge in [-0.1, -0.05) is 6.07 Å². The number of rotatable bonds is 2. The third kappa shape index (κ3) is 3.50. The molecule has 0 saturated heterocycles. The molecule has 21 heavy (non-hydrogen) atoms. The molecule has 1 amide bonds. The van der Waals surface area contributed by atoms with Gasteiger partial charge in [-0.3, -0.25) is 9.59 Å². The van der Waals surface area contributed by atoms with E-state index in [2.05, 4.69) is 10.3 Å². The van der Waals surface area contributed by atoms with E-state index in [1.807, 2.05) is 0 Å². The number of anilines is 1. The Morgan fingerprint density at radius 2 is 1.90 bits per heavy atom. The lowest BCUT2D eigenvalue weighted by Gasteiger charge is -2.09. The van der Waals surface area contributed by atoms with E-state index >= 15 is 0 Å². The normalized spacial score (nSPS) is 11.2. The van der Waals surface area contributed by atoms with Crippen LogP contribution in [0.5, 0.6) is 0 Å². The van der Waals surface area contributed by atoms with Crippen LogP contribution in [0.15, 0.2) is 41.2 Å². The summed E-state index contributed by atoms with van der Waals surface area (Å²) in [7, 11) is 0. The number of carbonyl (C=O) groups excluding carboxylic acids is 1. The van der Waals surface area contributed by atoms with Gasteiger partial charge in [0.15, 0.2) is 0 Å². The summed E-state index contributed by atoms with van der Waals surface area (Å²) in [6.45, 7) is 1.65. The molecule has 0 saturated carbocycles. The van der Waals surface area contributed by atoms with Crippen molar-refractivity contribution in [3.63, 3.8) is 0 Å². The number of carbonyl (C=O) groups is 1. The Bertz CT molecular complexity index is 735. The highest BCUT2D eigenvalue weighted by Gasteiger charge is 2.30. The van der Waals surface area contributed by atoms with Crippen LogP contribution >= 0.6 is 0 Å². The molecule has 7 heteroatoms. The summed E-state index contributed by atoms with van der Waals surface area (Å²) >= 11 is 0. The number of hydrogen-bond acceptors (Lipinski definition) is 2. The molecule has 0 unspecified atom stereocenters. The number of H-pyrrole nitrogens is 1. The smallest absolute Gasteiger partial charge is 0.326 e. The number of amides is 1. The van der Waals surface area contributed by atoms with E-state index in [1.165, 1.54) is 24.3 Å². The van der Waals surface area contributed by atoms with Gasteiger partial charge in [-0.05, 0) is 37.3 Å². The Morgan fingerprint density at radius 1 is 1.19 bits per heavy atom. The quantitative estimate of drug-likeness (QED) is 0.895. The molecule has 2 rings (SSSR count). The van der Waals surface area contributed by atoms with Gasteiger partial charge < -0.3 is 10.3 Å². The zero-order chi connectivity index (χ0) is 15.6. The van der Waals surface area contributed by atoms with Crippen molar-refractivity contribution < 1.29 is 18.0 Å². The number of pyridine rings is 1. The summed E-state index contributed by atoms with van der Waals surface area (Å²) in [5.74, 6) is -0.768. The van der Waals surface area contributed by atoms with Crippen LogP contribution in [-0.2, 0) is 6.18 Å². The van der Waals surface area contributed by atoms with Crippen LogP contribution in [-0.4, -0.2) is 10.9 Å². The monoisotopic (exact) mass is 296 g/mol. The number of aromatic nitrogens is 1. The molecule has 1 aromatic carbocycles. The molecule has 110 valence electrons. The maximum absolute atomic E-state index is 12.6. The van der Waals surface area contributed by atoms with E-state index in [0.717, 1.165) is 12.1 Å². The molecule has 0 bridgehead atoms. The maximum Gasteiger partial charge on any atom is 0.416 e. The topological polar surface area (TPSA) is 62.0 Å². The Labute approximate surface area is 117 Å². The first-order chi connectivity index (χ1) is 9.77. The van der Waals surface area contributed by atoms with Crippen molar-refractivity contribution in [2.45, 2.75) is 13.1 Å². The van der Waals surface area contributed by atoms with Gasteiger partial charge in [-0.15, -0.1) is 0 Å². The summed E-state index contributed by atoms with van der Waals surface area (Å²) in [6.07, 6.45) is -4.50. The molecular weight excluding hydrogens is 285 g/mol. The minimum Gasteiger partial charge on any atom is -0.326 e. The van der Waals surface area contributed by atoms with Gasteiger partial charge in [0, 0.05) is 11.4 Å². The Kier molecular flexibility index (Phi) is 3.84. The van der Waals surface area contributed by atoms with Crippen molar-refractivity contribution in [1.82, 2.24) is 4.98 Å². The molecular formula is C14H11F3N2O2. The van der Waals surface area contributed by atoms with Gasteiger partial charge >= 0.3 is 6.18 Å². The lowest BCUT2D eigenvalue weighted by Crippen LogP contribution is -2.23. The van der Waals surface area contributed by atoms with Gasteiger partial charge in [0.05, 0.1) is 5.56 Å². The van der Waals surface area contributed by atoms with Crippen LogP contribution in [0.25, 0.3) is 0 Å². The summed E-state index contributed by atoms with van der Waals surface area (Å²) in [4.78, 5) is 25.9. The zero-order valence-corrected chi connectivity index (χ0v) is 10.9. The minimum atomic E-state index is -4.50. The van der Waals surface area contributed by atoms with Crippen LogP contribution in [0.2, 0.25) is 0 Å². The highest BCUT2D eigenvalue weighted by molar-refractivity contribution is 6.04. The second-order valence-electron chi connectivity index (χ2n) is 4.42. The molecule has 0 fully saturated rings. The van der Waals surface area contributed by atoms with Gasteiger partial charge in [0.25, 0.3) is 11.5 Å². The number of halogens is 3. The summed E-state index contributed by atoms with van der Waals surface area (Å²) < 4.78 is 37.7. The van der Waals surface area contributed by atoms with Gasteiger partial charge in [0.2, 0.25) is 0 Å². The molecule has 0 aliphatic heterocycles. The first-order valence-corrected chi connectivity index (χ1v) is 5.96. The molecule has 1 aromatic heterocycles. The average molecular weight is 296 g/mol. The number of alkyl halides is 3. The molecule has 0 aliphatic rings. The lowest BCUT2D eigenvalue weighted by molar-refractivity contribution is -0.137. The van der Waals surface area contributed by atoms with Crippen molar-refractivity contribution in [3.05, 3.63) is 63.6 Å². The van der Waals surface area contributed by atoms with Crippen LogP contribution in [0, 0.1) is 6.92 Å². The van der Waals surface area contributed by atoms with Crippen molar-refractivity contribution in [2.75, 3.05) is 5.32 Å². The van der Waals surface area contributed by atoms with Crippen LogP contribution in [0.3, 0.4) is 0 Å². The molecule has 1 heterocycles. The van der Waals surface area contributed by atoms with Gasteiger partial charge in [-0.25, -0.2) is 0 Å². The standard InChI is InChI=1S/C14H11F3N2O2/c1-8-5-6-11(12(20)18-8)13(21)19-10-4-2-3-9(7-10)14(15,16)17/h2-7H,1H3,(H,18,20)(H,19,21). The number of aryl methyl sites for hydroxylation is 1. The second-order valence-corrected chi connectivity index (χ2v) is 4.42. The first-order valence-electron chi connectivity index (χ1n) is 5.96. The molecule has 0 atom stereocenters. The third-order valence-corrected chi connectivity index (χ3v) is 2.75. The number of aromatic amines is 1. The predicted molar refractivity (Wildman–Crippen MR) is 71.2 cm³/mol. The number of benzene rings is 1. The third-order valence-electron chi connectivity index (χ3n) is 2.75. The maximum atomic E-state index is 12.6. The number of nitrogens with one attached hydrogen (secondary N) is 2. The zero-order valence-electron chi connectivity index (χ0n) is 10.9. The van der Waals surface area contributed by atoms with Gasteiger partial charge in [0.1, 0.15) is 5.56 Å². The fourth-order valence-electron chi connectivity index (χ4n) is 1.72. The van der Waals surface area contributed by atoms with Crippen molar-refractivity contribution in [1.29, 1.82) is 0 Å². The molecule has 4 nitrogen and oxygen atoms in total. The van der Waals surface area contributed by atoms with E-state index in [-0.39, 0.29) is 11.3 Å². The predicted octanol–water partition coefficient (Wildman–Crippen LogP) is 2.95. The van der Waals surface area contributed by atoms with Crippen LogP contribution in [0.4, 0.5) is 18.9 Å². The van der Waals surface area contributed by atoms with E-state index in [0.29, 0.717) is 5.69 Å². The van der Waals surface area contributed by atoms with Gasteiger partial charge in [-0.2, -0.15) is 13.2 Å². The fourth-order valence-corrected chi connectivity index (χ4v) is 1.72. The SMILES string of the molecule is Cc1ccc(C(=O)Nc2cccc(C(F)(F)F)c2)c(=O)[nH]1. The van der Waals surface area contributed by atoms with E-state index in [9.17, 15) is 22.8 Å². The molecule has 2 N–H and O–H groups in total. The lowest BCUT2D eigenvalue weighted by atomic mass is 10.2. The van der Waals surface area contributed by atoms with E-state index < -0.39 is 23.2 Å². The van der Waals surface area contributed by atoms with Crippen molar-refractivity contribution in [3.8, 4) is 0 Å². The second kappa shape index (κ2) is 5.43. The summed E-state index contributed by atoms with van der Waals surface area (Å²) in [6, 6.07) is 7.04. The minimum absolute atomic E-state index is 0.0326. The molecule has 0 spiro atoms. The average Bonchev–Trinajstić information content (AvgIpc) is 2.37. The molecule has 0 radical (unpaired) electrons. The van der Waals surface area contributed by atoms with Crippen LogP contribution < -0.4 is 10.9 Å². The summed E-state index contributed by atoms with van der Waals surface area (Å²) in [5, 5.41) is 2.27. The van der Waals surface area contributed by atoms with E-state index in [4.69, 9.17) is 0 Å². The van der Waals surface area contributed by atoms with E-state index in [1.54, 1.807) is 6.92 Å². The largest absolute Gasteiger partial charge is 0.416 e. The Hall–Kier alpha value is -2.57. The number of hydrogen-bond donors (Lipinski definition) is 2. The Balaban J connectivity index is 2.26.